The molecule has 0 spiro atoms. The summed E-state index contributed by atoms with van der Waals surface area (Å²) < 4.78 is 0.522. The van der Waals surface area contributed by atoms with E-state index in [4.69, 9.17) is 11.6 Å². The Balaban J connectivity index is 2.97. The molecule has 0 atom stereocenters. The molecule has 0 amide bonds. The van der Waals surface area contributed by atoms with Crippen LogP contribution in [-0.4, -0.2) is 19.9 Å². The van der Waals surface area contributed by atoms with Crippen LogP contribution in [0.25, 0.3) is 11.5 Å². The fourth-order valence-corrected chi connectivity index (χ4v) is 1.18. The summed E-state index contributed by atoms with van der Waals surface area (Å²) in [5, 5.41) is 9.33. The summed E-state index contributed by atoms with van der Waals surface area (Å²) in [5.41, 5.74) is -1.57. The molecule has 72 valence electrons. The standard InChI is InChI=1S/C7H4ClN3O3/c8-4-2-1-3-5(11(4)14)10-7(13)6(12)9-3/h1-2,14H,(H,9,12). The second-order valence-electron chi connectivity index (χ2n) is 2.58. The number of aromatic amines is 1. The molecular weight excluding hydrogens is 210 g/mol. The van der Waals surface area contributed by atoms with E-state index in [0.717, 1.165) is 0 Å². The van der Waals surface area contributed by atoms with Crippen LogP contribution >= 0.6 is 11.6 Å². The van der Waals surface area contributed by atoms with Crippen molar-refractivity contribution in [3.63, 3.8) is 0 Å². The van der Waals surface area contributed by atoms with Gasteiger partial charge in [0.15, 0.2) is 5.82 Å². The molecule has 2 N–H and O–H groups in total. The third kappa shape index (κ3) is 1.16. The lowest BCUT2D eigenvalue weighted by Gasteiger charge is -2.08. The first-order valence-corrected chi connectivity index (χ1v) is 3.98. The molecule has 0 bridgehead atoms. The van der Waals surface area contributed by atoms with Crippen LogP contribution in [0.4, 0.5) is 0 Å². The summed E-state index contributed by atoms with van der Waals surface area (Å²) in [6.07, 6.45) is 0. The molecule has 0 fully saturated rings. The third-order valence-corrected chi connectivity index (χ3v) is 1.97. The molecule has 0 aliphatic carbocycles. The third-order valence-electron chi connectivity index (χ3n) is 1.68. The Labute approximate surface area is 81.7 Å². The second-order valence-corrected chi connectivity index (χ2v) is 2.96. The van der Waals surface area contributed by atoms with Crippen molar-refractivity contribution in [2.24, 2.45) is 0 Å². The highest BCUT2D eigenvalue weighted by Gasteiger charge is 2.12. The van der Waals surface area contributed by atoms with Gasteiger partial charge in [-0.3, -0.25) is 9.59 Å². The van der Waals surface area contributed by atoms with Gasteiger partial charge in [-0.1, -0.05) is 11.6 Å². The minimum Gasteiger partial charge on any atom is -0.425 e. The van der Waals surface area contributed by atoms with Crippen LogP contribution in [-0.2, 0) is 0 Å². The average molecular weight is 214 g/mol. The lowest BCUT2D eigenvalue weighted by atomic mass is 10.3. The first-order chi connectivity index (χ1) is 6.59. The van der Waals surface area contributed by atoms with Crippen molar-refractivity contribution in [2.75, 3.05) is 0 Å². The summed E-state index contributed by atoms with van der Waals surface area (Å²) >= 11 is 5.56. The molecule has 0 aromatic heterocycles. The molecule has 7 heteroatoms. The SMILES string of the molecule is O=c1nc2n(O)c(Cl)ccc-2[nH]c1=O. The van der Waals surface area contributed by atoms with Gasteiger partial charge in [-0.25, -0.2) is 0 Å². The maximum Gasteiger partial charge on any atom is 0.337 e. The summed E-state index contributed by atoms with van der Waals surface area (Å²) in [5.74, 6) is -0.0814. The van der Waals surface area contributed by atoms with E-state index in [1.165, 1.54) is 12.1 Å². The molecule has 0 saturated heterocycles. The van der Waals surface area contributed by atoms with Crippen LogP contribution in [0.3, 0.4) is 0 Å². The number of hydrogen-bond donors (Lipinski definition) is 2. The van der Waals surface area contributed by atoms with E-state index < -0.39 is 11.1 Å². The number of H-pyrrole nitrogens is 1. The fraction of sp³-hybridized carbons (Fsp3) is 0. The molecule has 2 heterocycles. The minimum atomic E-state index is -0.970. The molecule has 0 aromatic carbocycles. The van der Waals surface area contributed by atoms with Gasteiger partial charge in [-0.2, -0.15) is 9.71 Å². The lowest BCUT2D eigenvalue weighted by molar-refractivity contribution is 0.186. The van der Waals surface area contributed by atoms with E-state index in [1.54, 1.807) is 0 Å². The van der Waals surface area contributed by atoms with Gasteiger partial charge in [0.25, 0.3) is 0 Å². The zero-order valence-electron chi connectivity index (χ0n) is 6.69. The molecular formula is C7H4ClN3O3. The maximum atomic E-state index is 10.9. The first-order valence-electron chi connectivity index (χ1n) is 3.60. The fourth-order valence-electron chi connectivity index (χ4n) is 1.04. The Bertz CT molecular complexity index is 574. The van der Waals surface area contributed by atoms with Crippen molar-refractivity contribution in [2.45, 2.75) is 0 Å². The zero-order valence-corrected chi connectivity index (χ0v) is 7.45. The van der Waals surface area contributed by atoms with E-state index in [2.05, 4.69) is 9.97 Å². The van der Waals surface area contributed by atoms with Gasteiger partial charge < -0.3 is 10.2 Å². The van der Waals surface area contributed by atoms with Gasteiger partial charge in [0, 0.05) is 0 Å². The minimum absolute atomic E-state index is 0.00329. The summed E-state index contributed by atoms with van der Waals surface area (Å²) in [6.45, 7) is 0. The molecule has 2 aliphatic heterocycles. The van der Waals surface area contributed by atoms with Crippen molar-refractivity contribution in [1.82, 2.24) is 14.7 Å². The van der Waals surface area contributed by atoms with Crippen molar-refractivity contribution >= 4 is 11.6 Å². The first kappa shape index (κ1) is 8.76. The van der Waals surface area contributed by atoms with Crippen LogP contribution in [0.2, 0.25) is 5.15 Å². The highest BCUT2D eigenvalue weighted by atomic mass is 35.5. The van der Waals surface area contributed by atoms with Crippen LogP contribution in [0.15, 0.2) is 21.7 Å². The molecule has 14 heavy (non-hydrogen) atoms. The molecule has 2 rings (SSSR count). The summed E-state index contributed by atoms with van der Waals surface area (Å²) in [7, 11) is 0. The van der Waals surface area contributed by atoms with E-state index in [0.29, 0.717) is 4.73 Å². The molecule has 0 aromatic rings. The van der Waals surface area contributed by atoms with E-state index in [-0.39, 0.29) is 16.7 Å². The Hall–Kier alpha value is -1.82. The number of fused-ring (bicyclic) bond motifs is 1. The van der Waals surface area contributed by atoms with Gasteiger partial charge in [0.1, 0.15) is 5.15 Å². The quantitative estimate of drug-likeness (QED) is 0.364. The number of hydrogen-bond acceptors (Lipinski definition) is 4. The monoisotopic (exact) mass is 213 g/mol. The van der Waals surface area contributed by atoms with Gasteiger partial charge in [-0.15, -0.1) is 0 Å². The van der Waals surface area contributed by atoms with Crippen molar-refractivity contribution in [3.05, 3.63) is 38.0 Å². The summed E-state index contributed by atoms with van der Waals surface area (Å²) in [6, 6.07) is 2.81. The number of halogens is 1. The average Bonchev–Trinajstić information content (AvgIpc) is 2.15. The van der Waals surface area contributed by atoms with Gasteiger partial charge in [0.2, 0.25) is 0 Å². The number of pyridine rings is 1. The maximum absolute atomic E-state index is 10.9. The van der Waals surface area contributed by atoms with Gasteiger partial charge >= 0.3 is 11.1 Å². The molecule has 6 nitrogen and oxygen atoms in total. The summed E-state index contributed by atoms with van der Waals surface area (Å²) in [4.78, 5) is 27.4. The molecule has 0 radical (unpaired) electrons. The van der Waals surface area contributed by atoms with Crippen LogP contribution in [0, 0.1) is 0 Å². The topological polar surface area (TPSA) is 88.0 Å². The van der Waals surface area contributed by atoms with Crippen LogP contribution < -0.4 is 11.1 Å². The molecule has 2 aliphatic rings. The van der Waals surface area contributed by atoms with Crippen molar-refractivity contribution < 1.29 is 5.21 Å². The second kappa shape index (κ2) is 2.85. The Morgan fingerprint density at radius 2 is 2.14 bits per heavy atom. The predicted molar refractivity (Wildman–Crippen MR) is 47.9 cm³/mol. The molecule has 0 unspecified atom stereocenters. The Morgan fingerprint density at radius 3 is 2.86 bits per heavy atom. The van der Waals surface area contributed by atoms with Crippen molar-refractivity contribution in [3.8, 4) is 11.5 Å². The number of nitrogens with zero attached hydrogens (tertiary/aromatic N) is 2. The number of nitrogens with one attached hydrogen (secondary N) is 1. The van der Waals surface area contributed by atoms with E-state index in [9.17, 15) is 14.8 Å². The zero-order chi connectivity index (χ0) is 10.3. The van der Waals surface area contributed by atoms with E-state index in [1.807, 2.05) is 0 Å². The predicted octanol–water partition coefficient (Wildman–Crippen LogP) is -0.0729. The highest BCUT2D eigenvalue weighted by Crippen LogP contribution is 2.17. The van der Waals surface area contributed by atoms with Crippen molar-refractivity contribution in [1.29, 1.82) is 0 Å². The van der Waals surface area contributed by atoms with Crippen LogP contribution in [0.5, 0.6) is 0 Å². The largest absolute Gasteiger partial charge is 0.425 e. The van der Waals surface area contributed by atoms with Crippen LogP contribution in [0.1, 0.15) is 0 Å². The van der Waals surface area contributed by atoms with Gasteiger partial charge in [-0.05, 0) is 12.1 Å². The number of rotatable bonds is 0. The van der Waals surface area contributed by atoms with E-state index >= 15 is 0 Å². The highest BCUT2D eigenvalue weighted by molar-refractivity contribution is 6.29. The Morgan fingerprint density at radius 1 is 1.43 bits per heavy atom. The molecule has 0 saturated carbocycles. The lowest BCUT2D eigenvalue weighted by Crippen LogP contribution is -2.31. The normalized spacial score (nSPS) is 10.6. The Kier molecular flexibility index (Phi) is 1.78. The smallest absolute Gasteiger partial charge is 0.337 e. The van der Waals surface area contributed by atoms with Gasteiger partial charge in [0.05, 0.1) is 5.69 Å². The number of aromatic nitrogens is 3.